The van der Waals surface area contributed by atoms with E-state index >= 15 is 0 Å². The van der Waals surface area contributed by atoms with Crippen LogP contribution in [-0.4, -0.2) is 35.6 Å². The quantitative estimate of drug-likeness (QED) is 0.497. The van der Waals surface area contributed by atoms with Crippen molar-refractivity contribution in [3.63, 3.8) is 0 Å². The number of carboxylic acid groups (broad SMARTS) is 1. The summed E-state index contributed by atoms with van der Waals surface area (Å²) in [6.07, 6.45) is 0.0262. The molecule has 0 saturated heterocycles. The molecule has 0 unspecified atom stereocenters. The van der Waals surface area contributed by atoms with Crippen LogP contribution >= 0.6 is 0 Å². The van der Waals surface area contributed by atoms with Gasteiger partial charge in [0.05, 0.1) is 13.0 Å². The molecule has 0 aliphatic carbocycles. The summed E-state index contributed by atoms with van der Waals surface area (Å²) in [7, 11) is 0. The lowest BCUT2D eigenvalue weighted by Crippen LogP contribution is -2.41. The molecule has 0 rings (SSSR count). The molecule has 0 saturated carbocycles. The van der Waals surface area contributed by atoms with Gasteiger partial charge in [-0.05, 0) is 20.3 Å². The molecule has 0 heterocycles. The van der Waals surface area contributed by atoms with Crippen LogP contribution in [-0.2, 0) is 19.1 Å². The van der Waals surface area contributed by atoms with Gasteiger partial charge in [-0.1, -0.05) is 5.57 Å². The number of hydrogen-bond donors (Lipinski definition) is 2. The van der Waals surface area contributed by atoms with Crippen molar-refractivity contribution in [2.45, 2.75) is 39.2 Å². The zero-order chi connectivity index (χ0) is 14.1. The second-order valence-corrected chi connectivity index (χ2v) is 3.92. The zero-order valence-corrected chi connectivity index (χ0v) is 10.7. The smallest absolute Gasteiger partial charge is 0.326 e. The van der Waals surface area contributed by atoms with Crippen LogP contribution in [0.15, 0.2) is 12.2 Å². The van der Waals surface area contributed by atoms with Gasteiger partial charge in [0.15, 0.2) is 0 Å². The van der Waals surface area contributed by atoms with Gasteiger partial charge >= 0.3 is 11.9 Å². The first-order chi connectivity index (χ1) is 8.36. The molecule has 0 aliphatic rings. The van der Waals surface area contributed by atoms with Crippen molar-refractivity contribution in [3.05, 3.63) is 12.2 Å². The largest absolute Gasteiger partial charge is 0.480 e. The van der Waals surface area contributed by atoms with Crippen LogP contribution in [0.3, 0.4) is 0 Å². The summed E-state index contributed by atoms with van der Waals surface area (Å²) in [6.45, 7) is 7.21. The average Bonchev–Trinajstić information content (AvgIpc) is 2.25. The highest BCUT2D eigenvalue weighted by Gasteiger charge is 2.20. The van der Waals surface area contributed by atoms with E-state index in [0.717, 1.165) is 0 Å². The third-order valence-electron chi connectivity index (χ3n) is 2.05. The maximum atomic E-state index is 11.4. The van der Waals surface area contributed by atoms with E-state index in [1.807, 2.05) is 0 Å². The predicted molar refractivity (Wildman–Crippen MR) is 64.9 cm³/mol. The van der Waals surface area contributed by atoms with Crippen LogP contribution in [0.25, 0.3) is 0 Å². The van der Waals surface area contributed by atoms with Gasteiger partial charge in [-0.25, -0.2) is 4.79 Å². The highest BCUT2D eigenvalue weighted by molar-refractivity contribution is 5.85. The van der Waals surface area contributed by atoms with E-state index in [4.69, 9.17) is 5.11 Å². The minimum atomic E-state index is -1.12. The summed E-state index contributed by atoms with van der Waals surface area (Å²) >= 11 is 0. The maximum absolute atomic E-state index is 11.4. The van der Waals surface area contributed by atoms with E-state index in [1.165, 1.54) is 0 Å². The Morgan fingerprint density at radius 1 is 1.33 bits per heavy atom. The van der Waals surface area contributed by atoms with Gasteiger partial charge in [0.1, 0.15) is 6.04 Å². The summed E-state index contributed by atoms with van der Waals surface area (Å²) in [5.41, 5.74) is 0.660. The SMILES string of the molecule is C=C(C)C[C@H](NC(=O)CCC(=O)OCC)C(=O)O. The Bertz CT molecular complexity index is 337. The van der Waals surface area contributed by atoms with Crippen LogP contribution in [0.2, 0.25) is 0 Å². The Hall–Kier alpha value is -1.85. The van der Waals surface area contributed by atoms with E-state index in [2.05, 4.69) is 16.6 Å². The lowest BCUT2D eigenvalue weighted by molar-refractivity contribution is -0.144. The van der Waals surface area contributed by atoms with Crippen molar-refractivity contribution in [2.75, 3.05) is 6.61 Å². The van der Waals surface area contributed by atoms with Gasteiger partial charge in [0.25, 0.3) is 0 Å². The number of hydrogen-bond acceptors (Lipinski definition) is 4. The van der Waals surface area contributed by atoms with Crippen LogP contribution in [0.4, 0.5) is 0 Å². The van der Waals surface area contributed by atoms with Crippen molar-refractivity contribution in [3.8, 4) is 0 Å². The molecule has 18 heavy (non-hydrogen) atoms. The highest BCUT2D eigenvalue weighted by Crippen LogP contribution is 2.03. The number of ether oxygens (including phenoxy) is 1. The molecule has 6 heteroatoms. The molecule has 6 nitrogen and oxygen atoms in total. The Balaban J connectivity index is 4.14. The van der Waals surface area contributed by atoms with Gasteiger partial charge in [0, 0.05) is 6.42 Å². The molecule has 0 bridgehead atoms. The minimum Gasteiger partial charge on any atom is -0.480 e. The second kappa shape index (κ2) is 8.27. The first-order valence-corrected chi connectivity index (χ1v) is 5.69. The molecule has 0 spiro atoms. The van der Waals surface area contributed by atoms with E-state index < -0.39 is 23.9 Å². The Morgan fingerprint density at radius 3 is 2.39 bits per heavy atom. The molecule has 1 amide bonds. The lowest BCUT2D eigenvalue weighted by Gasteiger charge is -2.14. The fourth-order valence-corrected chi connectivity index (χ4v) is 1.26. The highest BCUT2D eigenvalue weighted by atomic mass is 16.5. The van der Waals surface area contributed by atoms with Crippen molar-refractivity contribution < 1.29 is 24.2 Å². The summed E-state index contributed by atoms with van der Waals surface area (Å²) < 4.78 is 4.66. The Kier molecular flexibility index (Phi) is 7.42. The molecule has 0 radical (unpaired) electrons. The molecule has 102 valence electrons. The number of esters is 1. The van der Waals surface area contributed by atoms with Crippen LogP contribution in [0.5, 0.6) is 0 Å². The average molecular weight is 257 g/mol. The van der Waals surface area contributed by atoms with Gasteiger partial charge in [0.2, 0.25) is 5.91 Å². The van der Waals surface area contributed by atoms with Crippen molar-refractivity contribution in [2.24, 2.45) is 0 Å². The summed E-state index contributed by atoms with van der Waals surface area (Å²) in [4.78, 5) is 33.3. The number of carbonyl (C=O) groups is 3. The molecule has 0 fully saturated rings. The monoisotopic (exact) mass is 257 g/mol. The van der Waals surface area contributed by atoms with Gasteiger partial charge in [-0.3, -0.25) is 9.59 Å². The fraction of sp³-hybridized carbons (Fsp3) is 0.583. The lowest BCUT2D eigenvalue weighted by atomic mass is 10.1. The predicted octanol–water partition coefficient (Wildman–Crippen LogP) is 0.865. The normalized spacial score (nSPS) is 11.4. The standard InChI is InChI=1S/C12H19NO5/c1-4-18-11(15)6-5-10(14)13-9(12(16)17)7-8(2)3/h9H,2,4-7H2,1,3H3,(H,13,14)(H,16,17)/t9-/m0/s1. The number of rotatable bonds is 8. The van der Waals surface area contributed by atoms with Crippen LogP contribution in [0, 0.1) is 0 Å². The zero-order valence-electron chi connectivity index (χ0n) is 10.7. The first-order valence-electron chi connectivity index (χ1n) is 5.69. The molecule has 1 atom stereocenters. The molecular formula is C12H19NO5. The summed E-state index contributed by atoms with van der Waals surface area (Å²) in [6, 6.07) is -1.00. The second-order valence-electron chi connectivity index (χ2n) is 3.92. The third-order valence-corrected chi connectivity index (χ3v) is 2.05. The molecule has 0 aromatic heterocycles. The summed E-state index contributed by atoms with van der Waals surface area (Å²) in [5.74, 6) is -2.08. The Morgan fingerprint density at radius 2 is 1.94 bits per heavy atom. The van der Waals surface area contributed by atoms with E-state index in [-0.39, 0.29) is 25.9 Å². The van der Waals surface area contributed by atoms with Crippen LogP contribution < -0.4 is 5.32 Å². The minimum absolute atomic E-state index is 0.0565. The van der Waals surface area contributed by atoms with E-state index in [9.17, 15) is 14.4 Å². The van der Waals surface area contributed by atoms with Gasteiger partial charge < -0.3 is 15.2 Å². The third kappa shape index (κ3) is 7.43. The molecule has 0 aromatic rings. The molecule has 0 aliphatic heterocycles. The van der Waals surface area contributed by atoms with E-state index in [0.29, 0.717) is 5.57 Å². The van der Waals surface area contributed by atoms with E-state index in [1.54, 1.807) is 13.8 Å². The summed E-state index contributed by atoms with van der Waals surface area (Å²) in [5, 5.41) is 11.2. The number of nitrogens with one attached hydrogen (secondary N) is 1. The van der Waals surface area contributed by atoms with Crippen molar-refractivity contribution in [1.29, 1.82) is 0 Å². The number of amides is 1. The number of carbonyl (C=O) groups excluding carboxylic acids is 2. The van der Waals surface area contributed by atoms with Crippen LogP contribution in [0.1, 0.15) is 33.1 Å². The number of carboxylic acids is 1. The van der Waals surface area contributed by atoms with Crippen molar-refractivity contribution >= 4 is 17.8 Å². The maximum Gasteiger partial charge on any atom is 0.326 e. The van der Waals surface area contributed by atoms with Gasteiger partial charge in [-0.15, -0.1) is 6.58 Å². The fourth-order valence-electron chi connectivity index (χ4n) is 1.26. The molecule has 0 aromatic carbocycles. The number of aliphatic carboxylic acids is 1. The molecular weight excluding hydrogens is 238 g/mol. The first kappa shape index (κ1) is 16.1. The van der Waals surface area contributed by atoms with Gasteiger partial charge in [-0.2, -0.15) is 0 Å². The van der Waals surface area contributed by atoms with Crippen molar-refractivity contribution in [1.82, 2.24) is 5.32 Å². The molecule has 2 N–H and O–H groups in total. The topological polar surface area (TPSA) is 92.7 Å². The Labute approximate surface area is 106 Å².